The van der Waals surface area contributed by atoms with E-state index in [0.29, 0.717) is 36.6 Å². The number of amides is 1. The number of carbonyl (C=O) groups is 1. The number of anilines is 1. The van der Waals surface area contributed by atoms with Crippen molar-refractivity contribution in [2.24, 2.45) is 10.8 Å². The summed E-state index contributed by atoms with van der Waals surface area (Å²) in [5, 5.41) is 19.5. The van der Waals surface area contributed by atoms with Crippen LogP contribution in [0.25, 0.3) is 11.0 Å². The molecule has 1 N–H and O–H groups in total. The molecule has 1 aliphatic heterocycles. The molecule has 5 rings (SSSR count). The Morgan fingerprint density at radius 1 is 1.17 bits per heavy atom. The van der Waals surface area contributed by atoms with E-state index in [2.05, 4.69) is 46.4 Å². The molecule has 3 heterocycles. The monoisotopic (exact) mass is 488 g/mol. The van der Waals surface area contributed by atoms with E-state index in [0.717, 1.165) is 23.9 Å². The van der Waals surface area contributed by atoms with E-state index in [1.165, 1.54) is 12.4 Å². The predicted molar refractivity (Wildman–Crippen MR) is 134 cm³/mol. The van der Waals surface area contributed by atoms with Crippen LogP contribution in [-0.2, 0) is 16.9 Å². The van der Waals surface area contributed by atoms with E-state index in [9.17, 15) is 15.2 Å². The zero-order valence-electron chi connectivity index (χ0n) is 21.4. The van der Waals surface area contributed by atoms with Gasteiger partial charge in [-0.25, -0.2) is 14.8 Å². The molecule has 1 spiro atoms. The molecule has 2 atom stereocenters. The normalized spacial score (nSPS) is 25.8. The Balaban J connectivity index is 1.43. The molecule has 2 aliphatic rings. The summed E-state index contributed by atoms with van der Waals surface area (Å²) in [6, 6.07) is 7.75. The molecule has 9 nitrogen and oxygen atoms in total. The summed E-state index contributed by atoms with van der Waals surface area (Å²) >= 11 is 0. The van der Waals surface area contributed by atoms with Gasteiger partial charge in [0.05, 0.1) is 53.6 Å². The maximum Gasteiger partial charge on any atom is 0.416 e. The molecule has 188 valence electrons. The first-order valence-electron chi connectivity index (χ1n) is 12.3. The first-order valence-corrected chi connectivity index (χ1v) is 12.3. The van der Waals surface area contributed by atoms with Gasteiger partial charge in [0.1, 0.15) is 11.2 Å². The smallest absolute Gasteiger partial charge is 0.416 e. The third kappa shape index (κ3) is 3.99. The zero-order chi connectivity index (χ0) is 25.9. The molecule has 1 saturated heterocycles. The van der Waals surface area contributed by atoms with Gasteiger partial charge in [-0.3, -0.25) is 9.88 Å². The van der Waals surface area contributed by atoms with E-state index in [1.807, 2.05) is 18.5 Å². The number of hydrogen-bond acceptors (Lipinski definition) is 7. The van der Waals surface area contributed by atoms with Crippen molar-refractivity contribution in [1.82, 2.24) is 19.5 Å². The summed E-state index contributed by atoms with van der Waals surface area (Å²) in [5.41, 5.74) is 0.847. The lowest BCUT2D eigenvalue weighted by atomic mass is 9.55. The highest BCUT2D eigenvalue weighted by molar-refractivity contribution is 5.89. The van der Waals surface area contributed by atoms with Crippen molar-refractivity contribution in [3.63, 3.8) is 0 Å². The second kappa shape index (κ2) is 8.00. The van der Waals surface area contributed by atoms with Gasteiger partial charge in [0, 0.05) is 6.54 Å². The van der Waals surface area contributed by atoms with Gasteiger partial charge in [-0.2, -0.15) is 5.26 Å². The number of fused-ring (bicyclic) bond motifs is 1. The Morgan fingerprint density at radius 2 is 1.94 bits per heavy atom. The fourth-order valence-corrected chi connectivity index (χ4v) is 5.58. The highest BCUT2D eigenvalue weighted by Gasteiger charge is 2.57. The molecule has 2 aromatic heterocycles. The molecule has 3 aromatic rings. The average molecular weight is 489 g/mol. The third-order valence-electron chi connectivity index (χ3n) is 8.33. The van der Waals surface area contributed by atoms with Crippen molar-refractivity contribution in [3.05, 3.63) is 48.2 Å². The summed E-state index contributed by atoms with van der Waals surface area (Å²) in [6.45, 7) is 11.2. The SMILES string of the molecule is CC(C)(O)c1cnc(N2C[C@@]3(CCC(C)(C)[C@](C)(Cn4cnc5ccc(C#N)cc54)C3)OC2=O)cn1. The summed E-state index contributed by atoms with van der Waals surface area (Å²) in [5.74, 6) is 0.418. The van der Waals surface area contributed by atoms with Gasteiger partial charge in [-0.15, -0.1) is 0 Å². The van der Waals surface area contributed by atoms with Crippen LogP contribution in [0.5, 0.6) is 0 Å². The molecule has 1 amide bonds. The summed E-state index contributed by atoms with van der Waals surface area (Å²) < 4.78 is 8.21. The Hall–Kier alpha value is -3.51. The molecule has 1 aromatic carbocycles. The summed E-state index contributed by atoms with van der Waals surface area (Å²) in [6.07, 6.45) is 6.77. The van der Waals surface area contributed by atoms with Crippen molar-refractivity contribution < 1.29 is 14.6 Å². The highest BCUT2D eigenvalue weighted by atomic mass is 16.6. The van der Waals surface area contributed by atoms with Gasteiger partial charge in [-0.05, 0) is 62.1 Å². The van der Waals surface area contributed by atoms with E-state index in [4.69, 9.17) is 4.74 Å². The number of aromatic nitrogens is 4. The third-order valence-corrected chi connectivity index (χ3v) is 8.33. The van der Waals surface area contributed by atoms with Crippen LogP contribution in [0.1, 0.15) is 65.1 Å². The van der Waals surface area contributed by atoms with Crippen molar-refractivity contribution in [1.29, 1.82) is 5.26 Å². The Bertz CT molecular complexity index is 1370. The fraction of sp³-hybridized carbons (Fsp3) is 0.519. The molecule has 2 fully saturated rings. The molecule has 0 radical (unpaired) electrons. The van der Waals surface area contributed by atoms with Crippen molar-refractivity contribution >= 4 is 22.9 Å². The number of hydrogen-bond donors (Lipinski definition) is 1. The second-order valence-electron chi connectivity index (χ2n) is 11.8. The van der Waals surface area contributed by atoms with Crippen molar-refractivity contribution in [2.45, 2.75) is 71.6 Å². The standard InChI is InChI=1S/C27H32N6O3/c1-24(2)8-9-27(16-33(23(34)36-27)22-13-29-21(12-30-22)25(3,4)35)14-26(24,5)15-32-17-31-19-7-6-18(11-28)10-20(19)32/h6-7,10,12-13,17,35H,8-9,14-16H2,1-5H3/t26-,27-/m0/s1. The quantitative estimate of drug-likeness (QED) is 0.573. The predicted octanol–water partition coefficient (Wildman–Crippen LogP) is 4.54. The fourth-order valence-electron chi connectivity index (χ4n) is 5.58. The minimum Gasteiger partial charge on any atom is -0.441 e. The first kappa shape index (κ1) is 24.2. The Kier molecular flexibility index (Phi) is 5.38. The van der Waals surface area contributed by atoms with Crippen LogP contribution in [0.4, 0.5) is 10.6 Å². The second-order valence-corrected chi connectivity index (χ2v) is 11.8. The molecule has 0 bridgehead atoms. The van der Waals surface area contributed by atoms with Crippen LogP contribution < -0.4 is 4.90 Å². The van der Waals surface area contributed by atoms with Gasteiger partial charge in [0.15, 0.2) is 5.82 Å². The van der Waals surface area contributed by atoms with Crippen LogP contribution in [-0.4, -0.2) is 42.9 Å². The van der Waals surface area contributed by atoms with Gasteiger partial charge < -0.3 is 14.4 Å². The average Bonchev–Trinajstić information content (AvgIpc) is 3.36. The number of rotatable bonds is 4. The lowest BCUT2D eigenvalue weighted by Crippen LogP contribution is -2.52. The summed E-state index contributed by atoms with van der Waals surface area (Å²) in [4.78, 5) is 27.8. The zero-order valence-corrected chi connectivity index (χ0v) is 21.4. The van der Waals surface area contributed by atoms with Gasteiger partial charge in [-0.1, -0.05) is 20.8 Å². The molecule has 1 aliphatic carbocycles. The summed E-state index contributed by atoms with van der Waals surface area (Å²) in [7, 11) is 0. The number of carbonyl (C=O) groups excluding carboxylic acids is 1. The van der Waals surface area contributed by atoms with Crippen LogP contribution >= 0.6 is 0 Å². The lowest BCUT2D eigenvalue weighted by molar-refractivity contribution is -0.0915. The number of imidazole rings is 1. The molecule has 0 unspecified atom stereocenters. The number of aliphatic hydroxyl groups is 1. The maximum absolute atomic E-state index is 13.0. The highest BCUT2D eigenvalue weighted by Crippen LogP contribution is 2.56. The van der Waals surface area contributed by atoms with Gasteiger partial charge in [0.2, 0.25) is 0 Å². The minimum absolute atomic E-state index is 0.0182. The molecule has 36 heavy (non-hydrogen) atoms. The van der Waals surface area contributed by atoms with Gasteiger partial charge >= 0.3 is 6.09 Å². The lowest BCUT2D eigenvalue weighted by Gasteiger charge is -2.53. The van der Waals surface area contributed by atoms with E-state index in [1.54, 1.807) is 24.8 Å². The minimum atomic E-state index is -1.11. The van der Waals surface area contributed by atoms with E-state index in [-0.39, 0.29) is 10.8 Å². The first-order chi connectivity index (χ1) is 16.8. The largest absolute Gasteiger partial charge is 0.441 e. The number of nitrogens with zero attached hydrogens (tertiary/aromatic N) is 6. The van der Waals surface area contributed by atoms with Crippen LogP contribution in [0.15, 0.2) is 36.9 Å². The van der Waals surface area contributed by atoms with Crippen LogP contribution in [0.2, 0.25) is 0 Å². The molecular weight excluding hydrogens is 456 g/mol. The van der Waals surface area contributed by atoms with Crippen molar-refractivity contribution in [3.8, 4) is 6.07 Å². The number of benzene rings is 1. The van der Waals surface area contributed by atoms with Crippen LogP contribution in [0, 0.1) is 22.2 Å². The topological polar surface area (TPSA) is 117 Å². The molecule has 1 saturated carbocycles. The van der Waals surface area contributed by atoms with Gasteiger partial charge in [0.25, 0.3) is 0 Å². The number of nitriles is 1. The molecule has 9 heteroatoms. The Labute approximate surface area is 210 Å². The molecular formula is C27H32N6O3. The van der Waals surface area contributed by atoms with Crippen LogP contribution in [0.3, 0.4) is 0 Å². The number of ether oxygens (including phenoxy) is 1. The van der Waals surface area contributed by atoms with Crippen molar-refractivity contribution in [2.75, 3.05) is 11.4 Å². The van der Waals surface area contributed by atoms with E-state index < -0.39 is 17.3 Å². The Morgan fingerprint density at radius 3 is 2.61 bits per heavy atom. The maximum atomic E-state index is 13.0. The van der Waals surface area contributed by atoms with E-state index >= 15 is 0 Å².